The molecule has 2 fully saturated rings. The van der Waals surface area contributed by atoms with E-state index in [9.17, 15) is 14.4 Å². The molecule has 1 atom stereocenters. The highest BCUT2D eigenvalue weighted by molar-refractivity contribution is 5.89. The van der Waals surface area contributed by atoms with Crippen LogP contribution in [-0.2, 0) is 14.4 Å². The van der Waals surface area contributed by atoms with Gasteiger partial charge in [0.15, 0.2) is 6.61 Å². The van der Waals surface area contributed by atoms with E-state index in [-0.39, 0.29) is 42.3 Å². The summed E-state index contributed by atoms with van der Waals surface area (Å²) in [7, 11) is 0. The second-order valence-electron chi connectivity index (χ2n) is 8.31. The van der Waals surface area contributed by atoms with E-state index in [0.717, 1.165) is 18.4 Å². The molecule has 1 aromatic rings. The van der Waals surface area contributed by atoms with E-state index in [1.54, 1.807) is 4.90 Å². The Balaban J connectivity index is 1.40. The summed E-state index contributed by atoms with van der Waals surface area (Å²) < 4.78 is 5.52. The Bertz CT molecular complexity index is 739. The van der Waals surface area contributed by atoms with Crippen LogP contribution in [0.3, 0.4) is 0 Å². The summed E-state index contributed by atoms with van der Waals surface area (Å²) in [5.41, 5.74) is 1.14. The number of hydrogen-bond acceptors (Lipinski definition) is 4. The molecule has 0 bridgehead atoms. The lowest BCUT2D eigenvalue weighted by molar-refractivity contribution is -0.137. The van der Waals surface area contributed by atoms with Gasteiger partial charge in [-0.15, -0.1) is 0 Å². The fraction of sp³-hybridized carbons (Fsp3) is 0.591. The van der Waals surface area contributed by atoms with Crippen LogP contribution in [0.4, 0.5) is 0 Å². The number of likely N-dealkylation sites (tertiary alicyclic amines) is 2. The minimum atomic E-state index is -0.237. The van der Waals surface area contributed by atoms with Crippen LogP contribution in [0.5, 0.6) is 5.75 Å². The second kappa shape index (κ2) is 9.29. The minimum absolute atomic E-state index is 0.0164. The van der Waals surface area contributed by atoms with Crippen molar-refractivity contribution in [3.8, 4) is 5.75 Å². The van der Waals surface area contributed by atoms with Crippen molar-refractivity contribution >= 4 is 17.7 Å². The van der Waals surface area contributed by atoms with Crippen LogP contribution in [0.1, 0.15) is 38.7 Å². The molecule has 0 aromatic heterocycles. The van der Waals surface area contributed by atoms with Gasteiger partial charge in [-0.25, -0.2) is 0 Å². The summed E-state index contributed by atoms with van der Waals surface area (Å²) in [5.74, 6) is 0.416. The highest BCUT2D eigenvalue weighted by atomic mass is 16.5. The first kappa shape index (κ1) is 21.1. The number of aryl methyl sites for hydroxylation is 1. The lowest BCUT2D eigenvalue weighted by atomic mass is 10.0. The molecular weight excluding hydrogens is 370 g/mol. The van der Waals surface area contributed by atoms with Gasteiger partial charge in [0.25, 0.3) is 5.91 Å². The fourth-order valence-electron chi connectivity index (χ4n) is 3.95. The molecule has 1 unspecified atom stereocenters. The van der Waals surface area contributed by atoms with Crippen LogP contribution in [0.25, 0.3) is 0 Å². The number of carbonyl (C=O) groups is 3. The standard InChI is InChI=1S/C22H31N3O4/c1-15(2)25-13-17(12-21(25)27)22(28)24-10-8-18(9-11-24)23-20(26)14-29-19-6-4-16(3)5-7-19/h4-7,15,17-18H,8-14H2,1-3H3,(H,23,26). The Labute approximate surface area is 172 Å². The molecule has 7 heteroatoms. The van der Waals surface area contributed by atoms with Gasteiger partial charge in [0.2, 0.25) is 11.8 Å². The van der Waals surface area contributed by atoms with E-state index < -0.39 is 0 Å². The summed E-state index contributed by atoms with van der Waals surface area (Å²) >= 11 is 0. The second-order valence-corrected chi connectivity index (χ2v) is 8.31. The molecule has 2 aliphatic rings. The van der Waals surface area contributed by atoms with Crippen molar-refractivity contribution in [3.05, 3.63) is 29.8 Å². The van der Waals surface area contributed by atoms with Crippen molar-refractivity contribution in [2.75, 3.05) is 26.2 Å². The Morgan fingerprint density at radius 2 is 1.83 bits per heavy atom. The monoisotopic (exact) mass is 401 g/mol. The zero-order chi connectivity index (χ0) is 21.0. The number of nitrogens with one attached hydrogen (secondary N) is 1. The van der Waals surface area contributed by atoms with Crippen LogP contribution in [0, 0.1) is 12.8 Å². The normalized spacial score (nSPS) is 20.3. The number of nitrogens with zero attached hydrogens (tertiary/aromatic N) is 2. The first-order valence-corrected chi connectivity index (χ1v) is 10.4. The van der Waals surface area contributed by atoms with Gasteiger partial charge in [0, 0.05) is 38.1 Å². The topological polar surface area (TPSA) is 79.0 Å². The van der Waals surface area contributed by atoms with Gasteiger partial charge in [0.1, 0.15) is 5.75 Å². The van der Waals surface area contributed by atoms with Crippen LogP contribution in [-0.4, -0.2) is 65.8 Å². The summed E-state index contributed by atoms with van der Waals surface area (Å²) in [4.78, 5) is 40.6. The minimum Gasteiger partial charge on any atom is -0.484 e. The van der Waals surface area contributed by atoms with E-state index >= 15 is 0 Å². The van der Waals surface area contributed by atoms with Gasteiger partial charge in [-0.05, 0) is 45.7 Å². The molecule has 2 saturated heterocycles. The summed E-state index contributed by atoms with van der Waals surface area (Å²) in [5, 5.41) is 2.99. The molecule has 1 N–H and O–H groups in total. The van der Waals surface area contributed by atoms with Gasteiger partial charge in [-0.2, -0.15) is 0 Å². The van der Waals surface area contributed by atoms with Gasteiger partial charge in [-0.1, -0.05) is 17.7 Å². The number of hydrogen-bond donors (Lipinski definition) is 1. The molecule has 0 aliphatic carbocycles. The third-order valence-corrected chi connectivity index (χ3v) is 5.69. The molecule has 7 nitrogen and oxygen atoms in total. The Morgan fingerprint density at radius 3 is 2.41 bits per heavy atom. The van der Waals surface area contributed by atoms with Crippen LogP contribution in [0.15, 0.2) is 24.3 Å². The van der Waals surface area contributed by atoms with Gasteiger partial charge >= 0.3 is 0 Å². The molecule has 158 valence electrons. The number of carbonyl (C=O) groups excluding carboxylic acids is 3. The van der Waals surface area contributed by atoms with Crippen LogP contribution < -0.4 is 10.1 Å². The van der Waals surface area contributed by atoms with E-state index in [1.807, 2.05) is 49.9 Å². The van der Waals surface area contributed by atoms with Crippen molar-refractivity contribution in [2.24, 2.45) is 5.92 Å². The Kier molecular flexibility index (Phi) is 6.77. The van der Waals surface area contributed by atoms with E-state index in [2.05, 4.69) is 5.32 Å². The highest BCUT2D eigenvalue weighted by Crippen LogP contribution is 2.24. The van der Waals surface area contributed by atoms with E-state index in [0.29, 0.717) is 31.8 Å². The van der Waals surface area contributed by atoms with Crippen molar-refractivity contribution in [1.29, 1.82) is 0 Å². The molecule has 1 aromatic carbocycles. The molecule has 0 spiro atoms. The number of rotatable bonds is 6. The smallest absolute Gasteiger partial charge is 0.258 e. The first-order chi connectivity index (χ1) is 13.8. The third-order valence-electron chi connectivity index (χ3n) is 5.69. The Morgan fingerprint density at radius 1 is 1.17 bits per heavy atom. The maximum atomic E-state index is 12.8. The Hall–Kier alpha value is -2.57. The van der Waals surface area contributed by atoms with Crippen LogP contribution >= 0.6 is 0 Å². The predicted octanol–water partition coefficient (Wildman–Crippen LogP) is 1.74. The average Bonchev–Trinajstić information content (AvgIpc) is 3.09. The zero-order valence-corrected chi connectivity index (χ0v) is 17.5. The summed E-state index contributed by atoms with van der Waals surface area (Å²) in [6, 6.07) is 7.76. The fourth-order valence-corrected chi connectivity index (χ4v) is 3.95. The molecule has 2 heterocycles. The number of amides is 3. The average molecular weight is 402 g/mol. The summed E-state index contributed by atoms with van der Waals surface area (Å²) in [6.07, 6.45) is 1.75. The summed E-state index contributed by atoms with van der Waals surface area (Å²) in [6.45, 7) is 7.66. The van der Waals surface area contributed by atoms with E-state index in [4.69, 9.17) is 4.74 Å². The maximum absolute atomic E-state index is 12.8. The molecule has 3 rings (SSSR count). The SMILES string of the molecule is Cc1ccc(OCC(=O)NC2CCN(C(=O)C3CC(=O)N(C(C)C)C3)CC2)cc1. The molecule has 3 amide bonds. The van der Waals surface area contributed by atoms with E-state index in [1.165, 1.54) is 0 Å². The maximum Gasteiger partial charge on any atom is 0.258 e. The highest BCUT2D eigenvalue weighted by Gasteiger charge is 2.38. The first-order valence-electron chi connectivity index (χ1n) is 10.4. The molecule has 0 saturated carbocycles. The largest absolute Gasteiger partial charge is 0.484 e. The lowest BCUT2D eigenvalue weighted by Crippen LogP contribution is -2.49. The van der Waals surface area contributed by atoms with Gasteiger partial charge < -0.3 is 19.9 Å². The molecule has 0 radical (unpaired) electrons. The predicted molar refractivity (Wildman–Crippen MR) is 109 cm³/mol. The molecule has 29 heavy (non-hydrogen) atoms. The number of ether oxygens (including phenoxy) is 1. The van der Waals surface area contributed by atoms with Gasteiger partial charge in [0.05, 0.1) is 5.92 Å². The van der Waals surface area contributed by atoms with Crippen molar-refractivity contribution in [3.63, 3.8) is 0 Å². The van der Waals surface area contributed by atoms with Crippen molar-refractivity contribution in [1.82, 2.24) is 15.1 Å². The molecular formula is C22H31N3O4. The molecule has 2 aliphatic heterocycles. The zero-order valence-electron chi connectivity index (χ0n) is 17.5. The van der Waals surface area contributed by atoms with Crippen molar-refractivity contribution < 1.29 is 19.1 Å². The number of piperidine rings is 1. The van der Waals surface area contributed by atoms with Gasteiger partial charge in [-0.3, -0.25) is 14.4 Å². The number of benzene rings is 1. The third kappa shape index (κ3) is 5.49. The van der Waals surface area contributed by atoms with Crippen LogP contribution in [0.2, 0.25) is 0 Å². The van der Waals surface area contributed by atoms with Crippen molar-refractivity contribution in [2.45, 2.75) is 52.1 Å². The lowest BCUT2D eigenvalue weighted by Gasteiger charge is -2.34. The quantitative estimate of drug-likeness (QED) is 0.788.